The highest BCUT2D eigenvalue weighted by molar-refractivity contribution is 5.94. The van der Waals surface area contributed by atoms with E-state index in [-0.39, 0.29) is 18.4 Å². The summed E-state index contributed by atoms with van der Waals surface area (Å²) in [4.78, 5) is 18.2. The SMILES string of the molecule is COc1cccc(NC(N)=NCC(=O)N(C)C2CCCCC2)c1. The number of hydrogen-bond donors (Lipinski definition) is 2. The van der Waals surface area contributed by atoms with Crippen LogP contribution in [0.25, 0.3) is 0 Å². The van der Waals surface area contributed by atoms with E-state index in [1.807, 2.05) is 36.2 Å². The van der Waals surface area contributed by atoms with Crippen LogP contribution in [0.3, 0.4) is 0 Å². The van der Waals surface area contributed by atoms with Crippen LogP contribution in [0, 0.1) is 0 Å². The van der Waals surface area contributed by atoms with Gasteiger partial charge in [0.2, 0.25) is 5.91 Å². The Bertz CT molecular complexity index is 553. The Balaban J connectivity index is 1.86. The first-order valence-corrected chi connectivity index (χ1v) is 8.07. The third-order valence-corrected chi connectivity index (χ3v) is 4.24. The maximum Gasteiger partial charge on any atom is 0.244 e. The van der Waals surface area contributed by atoms with Crippen LogP contribution in [-0.2, 0) is 4.79 Å². The number of hydrogen-bond acceptors (Lipinski definition) is 3. The molecule has 1 aromatic rings. The highest BCUT2D eigenvalue weighted by atomic mass is 16.5. The van der Waals surface area contributed by atoms with E-state index in [2.05, 4.69) is 10.3 Å². The number of carbonyl (C=O) groups excluding carboxylic acids is 1. The van der Waals surface area contributed by atoms with Gasteiger partial charge in [0.25, 0.3) is 0 Å². The third kappa shape index (κ3) is 5.16. The van der Waals surface area contributed by atoms with E-state index < -0.39 is 0 Å². The van der Waals surface area contributed by atoms with Crippen LogP contribution in [0.15, 0.2) is 29.3 Å². The quantitative estimate of drug-likeness (QED) is 0.644. The van der Waals surface area contributed by atoms with E-state index in [1.165, 1.54) is 19.3 Å². The fourth-order valence-corrected chi connectivity index (χ4v) is 2.82. The number of aliphatic imine (C=N–C) groups is 1. The molecule has 1 aliphatic carbocycles. The van der Waals surface area contributed by atoms with Gasteiger partial charge in [-0.05, 0) is 25.0 Å². The number of methoxy groups -OCH3 is 1. The summed E-state index contributed by atoms with van der Waals surface area (Å²) in [7, 11) is 3.47. The van der Waals surface area contributed by atoms with Gasteiger partial charge in [-0.1, -0.05) is 25.3 Å². The van der Waals surface area contributed by atoms with E-state index in [0.717, 1.165) is 24.3 Å². The molecule has 3 N–H and O–H groups in total. The van der Waals surface area contributed by atoms with Crippen molar-refractivity contribution in [2.45, 2.75) is 38.1 Å². The molecule has 2 rings (SSSR count). The summed E-state index contributed by atoms with van der Waals surface area (Å²) in [6.45, 7) is 0.0653. The lowest BCUT2D eigenvalue weighted by Gasteiger charge is -2.30. The smallest absolute Gasteiger partial charge is 0.244 e. The fraction of sp³-hybridized carbons (Fsp3) is 0.529. The molecular formula is C17H26N4O2. The molecule has 1 aromatic carbocycles. The fourth-order valence-electron chi connectivity index (χ4n) is 2.82. The molecular weight excluding hydrogens is 292 g/mol. The zero-order valence-corrected chi connectivity index (χ0v) is 13.9. The van der Waals surface area contributed by atoms with Gasteiger partial charge in [-0.15, -0.1) is 0 Å². The highest BCUT2D eigenvalue weighted by Crippen LogP contribution is 2.21. The van der Waals surface area contributed by atoms with Crippen molar-refractivity contribution in [1.82, 2.24) is 4.90 Å². The average Bonchev–Trinajstić information content (AvgIpc) is 2.60. The molecule has 1 saturated carbocycles. The van der Waals surface area contributed by atoms with E-state index in [1.54, 1.807) is 7.11 Å². The molecule has 0 unspecified atom stereocenters. The van der Waals surface area contributed by atoms with Crippen molar-refractivity contribution >= 4 is 17.6 Å². The van der Waals surface area contributed by atoms with Crippen LogP contribution < -0.4 is 15.8 Å². The molecule has 0 heterocycles. The molecule has 0 aromatic heterocycles. The standard InChI is InChI=1S/C17H26N4O2/c1-21(14-8-4-3-5-9-14)16(22)12-19-17(18)20-13-7-6-10-15(11-13)23-2/h6-7,10-11,14H,3-5,8-9,12H2,1-2H3,(H3,18,19,20). The van der Waals surface area contributed by atoms with Gasteiger partial charge >= 0.3 is 0 Å². The number of ether oxygens (including phenoxy) is 1. The van der Waals surface area contributed by atoms with Crippen molar-refractivity contribution in [1.29, 1.82) is 0 Å². The molecule has 1 aliphatic rings. The lowest BCUT2D eigenvalue weighted by Crippen LogP contribution is -2.40. The van der Waals surface area contributed by atoms with Crippen LogP contribution in [0.1, 0.15) is 32.1 Å². The molecule has 0 spiro atoms. The van der Waals surface area contributed by atoms with Gasteiger partial charge < -0.3 is 20.7 Å². The number of carbonyl (C=O) groups is 1. The number of nitrogens with one attached hydrogen (secondary N) is 1. The van der Waals surface area contributed by atoms with Gasteiger partial charge in [0, 0.05) is 24.8 Å². The Hall–Kier alpha value is -2.24. The minimum Gasteiger partial charge on any atom is -0.497 e. The number of nitrogens with two attached hydrogens (primary N) is 1. The number of rotatable bonds is 5. The summed E-state index contributed by atoms with van der Waals surface area (Å²) in [6.07, 6.45) is 5.84. The molecule has 23 heavy (non-hydrogen) atoms. The second-order valence-electron chi connectivity index (χ2n) is 5.85. The predicted molar refractivity (Wildman–Crippen MR) is 92.7 cm³/mol. The first-order valence-electron chi connectivity index (χ1n) is 8.07. The summed E-state index contributed by atoms with van der Waals surface area (Å²) in [5.41, 5.74) is 6.63. The zero-order valence-electron chi connectivity index (χ0n) is 13.9. The van der Waals surface area contributed by atoms with Crippen LogP contribution in [-0.4, -0.2) is 43.5 Å². The Kier molecular flexibility index (Phi) is 6.26. The van der Waals surface area contributed by atoms with Gasteiger partial charge in [-0.3, -0.25) is 4.79 Å². The Morgan fingerprint density at radius 3 is 2.83 bits per heavy atom. The van der Waals surface area contributed by atoms with Gasteiger partial charge in [-0.2, -0.15) is 0 Å². The predicted octanol–water partition coefficient (Wildman–Crippen LogP) is 2.21. The molecule has 6 nitrogen and oxygen atoms in total. The number of benzene rings is 1. The first kappa shape index (κ1) is 17.1. The number of amides is 1. The second kappa shape index (κ2) is 8.41. The van der Waals surface area contributed by atoms with Gasteiger partial charge in [0.05, 0.1) is 7.11 Å². The van der Waals surface area contributed by atoms with Crippen LogP contribution in [0.4, 0.5) is 5.69 Å². The van der Waals surface area contributed by atoms with Crippen molar-refractivity contribution in [3.05, 3.63) is 24.3 Å². The summed E-state index contributed by atoms with van der Waals surface area (Å²) < 4.78 is 5.15. The van der Waals surface area contributed by atoms with Crippen molar-refractivity contribution in [3.8, 4) is 5.75 Å². The monoisotopic (exact) mass is 318 g/mol. The minimum absolute atomic E-state index is 0.00675. The van der Waals surface area contributed by atoms with E-state index in [9.17, 15) is 4.79 Å². The summed E-state index contributed by atoms with van der Waals surface area (Å²) in [6, 6.07) is 7.73. The molecule has 0 bridgehead atoms. The van der Waals surface area contributed by atoms with Crippen molar-refractivity contribution in [3.63, 3.8) is 0 Å². The molecule has 1 fully saturated rings. The lowest BCUT2D eigenvalue weighted by atomic mass is 9.94. The van der Waals surface area contributed by atoms with Crippen molar-refractivity contribution in [2.75, 3.05) is 26.0 Å². The average molecular weight is 318 g/mol. The highest BCUT2D eigenvalue weighted by Gasteiger charge is 2.21. The van der Waals surface area contributed by atoms with Gasteiger partial charge in [0.15, 0.2) is 5.96 Å². The molecule has 1 amide bonds. The number of guanidine groups is 1. The normalized spacial score (nSPS) is 16.0. The Labute approximate surface area is 137 Å². The van der Waals surface area contributed by atoms with Crippen molar-refractivity contribution in [2.24, 2.45) is 10.7 Å². The molecule has 0 aliphatic heterocycles. The molecule has 126 valence electrons. The van der Waals surface area contributed by atoms with Crippen LogP contribution in [0.2, 0.25) is 0 Å². The van der Waals surface area contributed by atoms with Crippen molar-refractivity contribution < 1.29 is 9.53 Å². The van der Waals surface area contributed by atoms with E-state index in [0.29, 0.717) is 6.04 Å². The summed E-state index contributed by atoms with van der Waals surface area (Å²) in [5.74, 6) is 0.965. The summed E-state index contributed by atoms with van der Waals surface area (Å²) in [5, 5.41) is 2.97. The maximum absolute atomic E-state index is 12.2. The van der Waals surface area contributed by atoms with E-state index >= 15 is 0 Å². The molecule has 6 heteroatoms. The molecule has 0 atom stereocenters. The number of anilines is 1. The minimum atomic E-state index is 0.00675. The topological polar surface area (TPSA) is 80.0 Å². The molecule has 0 radical (unpaired) electrons. The Morgan fingerprint density at radius 2 is 2.13 bits per heavy atom. The number of nitrogens with zero attached hydrogens (tertiary/aromatic N) is 2. The lowest BCUT2D eigenvalue weighted by molar-refractivity contribution is -0.130. The Morgan fingerprint density at radius 1 is 1.39 bits per heavy atom. The zero-order chi connectivity index (χ0) is 16.7. The number of likely N-dealkylation sites (N-methyl/N-ethyl adjacent to an activating group) is 1. The third-order valence-electron chi connectivity index (χ3n) is 4.24. The summed E-state index contributed by atoms with van der Waals surface area (Å²) >= 11 is 0. The largest absolute Gasteiger partial charge is 0.497 e. The molecule has 0 saturated heterocycles. The van der Waals surface area contributed by atoms with Crippen LogP contribution >= 0.6 is 0 Å². The first-order chi connectivity index (χ1) is 11.1. The van der Waals surface area contributed by atoms with Gasteiger partial charge in [0.1, 0.15) is 12.3 Å². The van der Waals surface area contributed by atoms with Crippen LogP contribution in [0.5, 0.6) is 5.75 Å². The maximum atomic E-state index is 12.2. The van der Waals surface area contributed by atoms with E-state index in [4.69, 9.17) is 10.5 Å². The second-order valence-corrected chi connectivity index (χ2v) is 5.85. The van der Waals surface area contributed by atoms with Gasteiger partial charge in [-0.25, -0.2) is 4.99 Å².